The van der Waals surface area contributed by atoms with Crippen molar-refractivity contribution in [3.63, 3.8) is 0 Å². The summed E-state index contributed by atoms with van der Waals surface area (Å²) in [5, 5.41) is 50.1. The molecule has 0 saturated carbocycles. The van der Waals surface area contributed by atoms with Crippen LogP contribution < -0.4 is 10.6 Å². The molecule has 4 atom stereocenters. The summed E-state index contributed by atoms with van der Waals surface area (Å²) in [4.78, 5) is 25.9. The summed E-state index contributed by atoms with van der Waals surface area (Å²) in [6, 6.07) is 13.2. The van der Waals surface area contributed by atoms with E-state index in [1.54, 1.807) is 6.07 Å². The Bertz CT molecular complexity index is 1690. The number of hydroxylamine groups is 2. The van der Waals surface area contributed by atoms with Gasteiger partial charge in [-0.05, 0) is 75.1 Å². The Balaban J connectivity index is 1.08. The quantitative estimate of drug-likeness (QED) is 0.201. The van der Waals surface area contributed by atoms with Crippen LogP contribution in [0.15, 0.2) is 55.1 Å². The minimum Gasteiger partial charge on any atom is -0.394 e. The smallest absolute Gasteiger partial charge is 0.251 e. The van der Waals surface area contributed by atoms with Gasteiger partial charge in [-0.15, -0.1) is 10.3 Å². The molecule has 1 radical (unpaired) electrons. The van der Waals surface area contributed by atoms with E-state index in [1.165, 1.54) is 17.2 Å². The van der Waals surface area contributed by atoms with Crippen molar-refractivity contribution in [3.05, 3.63) is 77.4 Å². The summed E-state index contributed by atoms with van der Waals surface area (Å²) in [5.74, 6) is 0.259. The number of imidazole rings is 1. The molecule has 5 N–H and O–H groups in total. The highest BCUT2D eigenvalue weighted by molar-refractivity contribution is 5.94. The Morgan fingerprint density at radius 1 is 0.977 bits per heavy atom. The molecule has 13 heteroatoms. The van der Waals surface area contributed by atoms with Gasteiger partial charge in [0.15, 0.2) is 23.2 Å². The predicted molar refractivity (Wildman–Crippen MR) is 159 cm³/mol. The summed E-state index contributed by atoms with van der Waals surface area (Å²) in [7, 11) is 0. The number of nitrogens with one attached hydrogen (secondary N) is 2. The fourth-order valence-corrected chi connectivity index (χ4v) is 6.20. The number of carbonyl (C=O) groups is 1. The number of aromatic nitrogens is 4. The molecule has 4 heterocycles. The van der Waals surface area contributed by atoms with Crippen molar-refractivity contribution in [1.29, 1.82) is 0 Å². The molecule has 2 aromatic heterocycles. The molecule has 0 aliphatic carbocycles. The van der Waals surface area contributed by atoms with Crippen LogP contribution in [0.4, 0.5) is 11.5 Å². The molecular formula is C31H36N7O6. The van der Waals surface area contributed by atoms with Crippen molar-refractivity contribution in [2.75, 3.05) is 18.5 Å². The molecule has 2 aliphatic heterocycles. The number of benzene rings is 2. The van der Waals surface area contributed by atoms with Crippen LogP contribution in [0.1, 0.15) is 61.0 Å². The largest absolute Gasteiger partial charge is 0.394 e. The van der Waals surface area contributed by atoms with Crippen LogP contribution in [0.2, 0.25) is 0 Å². The van der Waals surface area contributed by atoms with Crippen LogP contribution in [0.5, 0.6) is 0 Å². The van der Waals surface area contributed by atoms with Crippen LogP contribution in [0.3, 0.4) is 0 Å². The molecule has 2 aromatic carbocycles. The summed E-state index contributed by atoms with van der Waals surface area (Å²) < 4.78 is 7.13. The van der Waals surface area contributed by atoms with Gasteiger partial charge in [0.1, 0.15) is 24.6 Å². The molecule has 1 saturated heterocycles. The average molecular weight is 603 g/mol. The normalized spacial score (nSPS) is 24.0. The van der Waals surface area contributed by atoms with Gasteiger partial charge in [-0.1, -0.05) is 18.2 Å². The van der Waals surface area contributed by atoms with E-state index >= 15 is 0 Å². The number of carbonyl (C=O) groups excluding carboxylic acids is 1. The van der Waals surface area contributed by atoms with E-state index in [1.807, 2.05) is 64.1 Å². The minimum atomic E-state index is -1.26. The Labute approximate surface area is 254 Å². The molecule has 1 amide bonds. The second kappa shape index (κ2) is 11.2. The first-order valence-electron chi connectivity index (χ1n) is 14.5. The van der Waals surface area contributed by atoms with Crippen LogP contribution in [0, 0.1) is 0 Å². The number of amides is 1. The Hall–Kier alpha value is -3.98. The maximum atomic E-state index is 12.9. The summed E-state index contributed by atoms with van der Waals surface area (Å²) in [5.41, 5.74) is 3.59. The minimum absolute atomic E-state index is 0.187. The molecule has 44 heavy (non-hydrogen) atoms. The number of ether oxygens (including phenoxy) is 1. The van der Waals surface area contributed by atoms with E-state index < -0.39 is 42.2 Å². The van der Waals surface area contributed by atoms with Crippen LogP contribution in [-0.4, -0.2) is 77.3 Å². The fourth-order valence-electron chi connectivity index (χ4n) is 6.20. The van der Waals surface area contributed by atoms with E-state index in [0.717, 1.165) is 27.4 Å². The fraction of sp³-hybridized carbons (Fsp3) is 0.419. The van der Waals surface area contributed by atoms with Gasteiger partial charge in [0.05, 0.1) is 24.0 Å². The predicted octanol–water partition coefficient (Wildman–Crippen LogP) is 2.29. The highest BCUT2D eigenvalue weighted by Gasteiger charge is 2.50. The lowest BCUT2D eigenvalue weighted by atomic mass is 9.89. The maximum Gasteiger partial charge on any atom is 0.251 e. The van der Waals surface area contributed by atoms with Gasteiger partial charge in [0, 0.05) is 17.8 Å². The van der Waals surface area contributed by atoms with Crippen molar-refractivity contribution in [1.82, 2.24) is 29.9 Å². The molecule has 2 aliphatic rings. The first-order valence-corrected chi connectivity index (χ1v) is 14.5. The molecule has 231 valence electrons. The zero-order valence-corrected chi connectivity index (χ0v) is 24.9. The number of fused-ring (bicyclic) bond motifs is 2. The van der Waals surface area contributed by atoms with Gasteiger partial charge in [-0.3, -0.25) is 9.36 Å². The molecule has 6 rings (SSSR count). The number of rotatable bonds is 8. The maximum absolute atomic E-state index is 12.9. The number of hydrogen-bond donors (Lipinski definition) is 5. The Morgan fingerprint density at radius 3 is 2.41 bits per heavy atom. The van der Waals surface area contributed by atoms with Crippen molar-refractivity contribution >= 4 is 28.6 Å². The van der Waals surface area contributed by atoms with Gasteiger partial charge < -0.3 is 30.7 Å². The van der Waals surface area contributed by atoms with Gasteiger partial charge in [-0.2, -0.15) is 0 Å². The number of aliphatic hydroxyl groups excluding tert-OH is 3. The lowest BCUT2D eigenvalue weighted by Crippen LogP contribution is -2.41. The SMILES string of the molecule is CC1(C)c2ccc(C(=O)NCCc3ccc(Nc4ncnc5c4ncn5[C@@H]4O[C@H](CO)[C@@H](O)[C@H]4O)cc3)cc2C(C)(C)N1[O]. The first kappa shape index (κ1) is 30.1. The van der Waals surface area contributed by atoms with E-state index in [4.69, 9.17) is 4.74 Å². The topological polar surface area (TPSA) is 178 Å². The van der Waals surface area contributed by atoms with Gasteiger partial charge in [-0.25, -0.2) is 15.0 Å². The summed E-state index contributed by atoms with van der Waals surface area (Å²) in [6.45, 7) is 7.56. The van der Waals surface area contributed by atoms with Gasteiger partial charge >= 0.3 is 0 Å². The van der Waals surface area contributed by atoms with Gasteiger partial charge in [0.2, 0.25) is 0 Å². The molecule has 0 spiro atoms. The second-order valence-electron chi connectivity index (χ2n) is 12.3. The lowest BCUT2D eigenvalue weighted by Gasteiger charge is -2.32. The number of aliphatic hydroxyl groups is 3. The average Bonchev–Trinajstić information content (AvgIpc) is 3.61. The number of hydrogen-bond acceptors (Lipinski definition) is 10. The standard InChI is InChI=1S/C31H36N7O6/c1-30(2)20-10-7-18(13-21(20)31(3,4)38(30)43)28(42)32-12-11-17-5-8-19(9-6-17)36-26-23-27(34-15-33-26)37(16-35-23)29-25(41)24(40)22(14-39)44-29/h5-10,13,15-16,22,24-25,29,39-41H,11-12,14H2,1-4H3,(H,32,42)(H,33,34,36)/t22-,24-,25-,29-/m1/s1. The molecule has 1 fully saturated rings. The monoisotopic (exact) mass is 602 g/mol. The molecule has 13 nitrogen and oxygen atoms in total. The third-order valence-corrected chi connectivity index (χ3v) is 8.68. The van der Waals surface area contributed by atoms with Crippen molar-refractivity contribution < 1.29 is 30.1 Å². The molecular weight excluding hydrogens is 566 g/mol. The summed E-state index contributed by atoms with van der Waals surface area (Å²) in [6.07, 6.45) is -0.934. The Morgan fingerprint density at radius 2 is 1.70 bits per heavy atom. The van der Waals surface area contributed by atoms with Crippen molar-refractivity contribution in [3.8, 4) is 0 Å². The number of nitrogens with zero attached hydrogens (tertiary/aromatic N) is 5. The van der Waals surface area contributed by atoms with Crippen molar-refractivity contribution in [2.45, 2.75) is 69.7 Å². The first-order chi connectivity index (χ1) is 20.9. The third kappa shape index (κ3) is 5.01. The van der Waals surface area contributed by atoms with E-state index in [2.05, 4.69) is 25.6 Å². The molecule has 0 unspecified atom stereocenters. The lowest BCUT2D eigenvalue weighted by molar-refractivity contribution is -0.266. The zero-order chi connectivity index (χ0) is 31.4. The van der Waals surface area contributed by atoms with Crippen LogP contribution >= 0.6 is 0 Å². The van der Waals surface area contributed by atoms with E-state index in [0.29, 0.717) is 35.5 Å². The van der Waals surface area contributed by atoms with Crippen LogP contribution in [-0.2, 0) is 27.4 Å². The zero-order valence-electron chi connectivity index (χ0n) is 24.9. The van der Waals surface area contributed by atoms with Crippen LogP contribution in [0.25, 0.3) is 11.2 Å². The second-order valence-corrected chi connectivity index (χ2v) is 12.3. The van der Waals surface area contributed by atoms with Gasteiger partial charge in [0.25, 0.3) is 5.91 Å². The van der Waals surface area contributed by atoms with Crippen molar-refractivity contribution in [2.24, 2.45) is 0 Å². The number of anilines is 2. The summed E-state index contributed by atoms with van der Waals surface area (Å²) >= 11 is 0. The molecule has 4 aromatic rings. The Kier molecular flexibility index (Phi) is 7.64. The third-order valence-electron chi connectivity index (χ3n) is 8.68. The van der Waals surface area contributed by atoms with E-state index in [9.17, 15) is 25.3 Å². The van der Waals surface area contributed by atoms with E-state index in [-0.39, 0.29) is 5.91 Å². The highest BCUT2D eigenvalue weighted by atomic mass is 16.6. The molecule has 0 bridgehead atoms. The highest BCUT2D eigenvalue weighted by Crippen LogP contribution is 2.48.